The fraction of sp³-hybridized carbons (Fsp3) is 0.533. The van der Waals surface area contributed by atoms with E-state index in [-0.39, 0.29) is 0 Å². The summed E-state index contributed by atoms with van der Waals surface area (Å²) in [5.41, 5.74) is -0.105. The molecule has 1 aliphatic carbocycles. The summed E-state index contributed by atoms with van der Waals surface area (Å²) in [6.07, 6.45) is 3.51. The van der Waals surface area contributed by atoms with E-state index in [1.165, 1.54) is 6.07 Å². The van der Waals surface area contributed by atoms with Crippen LogP contribution in [0, 0.1) is 23.1 Å². The van der Waals surface area contributed by atoms with Crippen LogP contribution < -0.4 is 5.32 Å². The molecule has 3 nitrogen and oxygen atoms in total. The molecule has 0 aliphatic heterocycles. The Morgan fingerprint density at radius 2 is 2.16 bits per heavy atom. The number of rotatable bonds is 3. The molecule has 1 aliphatic rings. The fourth-order valence-electron chi connectivity index (χ4n) is 2.46. The molecule has 1 aromatic rings. The number of nitriles is 1. The Balaban J connectivity index is 1.97. The molecule has 1 fully saturated rings. The van der Waals surface area contributed by atoms with Crippen molar-refractivity contribution in [3.8, 4) is 6.07 Å². The molecule has 0 atom stereocenters. The Bertz CT molecular complexity index is 487. The van der Waals surface area contributed by atoms with Crippen LogP contribution in [0.25, 0.3) is 0 Å². The van der Waals surface area contributed by atoms with Gasteiger partial charge in [0, 0.05) is 6.54 Å². The first-order valence-electron chi connectivity index (χ1n) is 6.68. The summed E-state index contributed by atoms with van der Waals surface area (Å²) in [5.74, 6) is 0.207. The van der Waals surface area contributed by atoms with E-state index in [1.807, 2.05) is 6.07 Å². The van der Waals surface area contributed by atoms with Crippen LogP contribution in [0.5, 0.6) is 0 Å². The highest BCUT2D eigenvalue weighted by molar-refractivity contribution is 5.49. The SMILES string of the molecule is CC1CCC(O)(CNc2ccc(C#N)cc2F)CC1. The summed E-state index contributed by atoms with van der Waals surface area (Å²) >= 11 is 0. The van der Waals surface area contributed by atoms with Crippen molar-refractivity contribution in [3.05, 3.63) is 29.6 Å². The normalized spacial score (nSPS) is 26.7. The molecule has 0 amide bonds. The topological polar surface area (TPSA) is 56.0 Å². The van der Waals surface area contributed by atoms with Crippen LogP contribution in [0.1, 0.15) is 38.2 Å². The number of halogens is 1. The van der Waals surface area contributed by atoms with Gasteiger partial charge < -0.3 is 10.4 Å². The molecule has 0 unspecified atom stereocenters. The second-order valence-electron chi connectivity index (χ2n) is 5.57. The molecule has 1 aromatic carbocycles. The zero-order chi connectivity index (χ0) is 13.9. The van der Waals surface area contributed by atoms with E-state index in [2.05, 4.69) is 12.2 Å². The minimum atomic E-state index is -0.743. The Labute approximate surface area is 113 Å². The zero-order valence-corrected chi connectivity index (χ0v) is 11.1. The monoisotopic (exact) mass is 262 g/mol. The number of nitrogens with one attached hydrogen (secondary N) is 1. The van der Waals surface area contributed by atoms with Gasteiger partial charge in [-0.05, 0) is 49.8 Å². The number of benzene rings is 1. The van der Waals surface area contributed by atoms with Crippen LogP contribution in [-0.4, -0.2) is 17.3 Å². The molecule has 4 heteroatoms. The minimum Gasteiger partial charge on any atom is -0.388 e. The molecule has 19 heavy (non-hydrogen) atoms. The van der Waals surface area contributed by atoms with Crippen molar-refractivity contribution in [2.75, 3.05) is 11.9 Å². The van der Waals surface area contributed by atoms with E-state index in [9.17, 15) is 9.50 Å². The lowest BCUT2D eigenvalue weighted by Crippen LogP contribution is -2.40. The van der Waals surface area contributed by atoms with Crippen molar-refractivity contribution in [1.29, 1.82) is 5.26 Å². The van der Waals surface area contributed by atoms with Gasteiger partial charge in [-0.25, -0.2) is 4.39 Å². The standard InChI is InChI=1S/C15H19FN2O/c1-11-4-6-15(19,7-5-11)10-18-14-3-2-12(9-17)8-13(14)16/h2-3,8,11,18-19H,4-7,10H2,1H3. The van der Waals surface area contributed by atoms with Crippen molar-refractivity contribution in [2.45, 2.75) is 38.2 Å². The van der Waals surface area contributed by atoms with Gasteiger partial charge in [-0.1, -0.05) is 6.92 Å². The third kappa shape index (κ3) is 3.45. The van der Waals surface area contributed by atoms with Crippen molar-refractivity contribution < 1.29 is 9.50 Å². The van der Waals surface area contributed by atoms with Crippen molar-refractivity contribution >= 4 is 5.69 Å². The third-order valence-electron chi connectivity index (χ3n) is 3.91. The van der Waals surface area contributed by atoms with Gasteiger partial charge in [-0.2, -0.15) is 5.26 Å². The molecule has 102 valence electrons. The molecule has 2 rings (SSSR count). The van der Waals surface area contributed by atoms with Gasteiger partial charge in [-0.15, -0.1) is 0 Å². The van der Waals surface area contributed by atoms with E-state index >= 15 is 0 Å². The van der Waals surface area contributed by atoms with Crippen LogP contribution >= 0.6 is 0 Å². The van der Waals surface area contributed by atoms with Crippen molar-refractivity contribution in [3.63, 3.8) is 0 Å². The predicted octanol–water partition coefficient (Wildman–Crippen LogP) is 3.05. The fourth-order valence-corrected chi connectivity index (χ4v) is 2.46. The van der Waals surface area contributed by atoms with Gasteiger partial charge >= 0.3 is 0 Å². The lowest BCUT2D eigenvalue weighted by Gasteiger charge is -2.35. The highest BCUT2D eigenvalue weighted by atomic mass is 19.1. The third-order valence-corrected chi connectivity index (χ3v) is 3.91. The molecule has 0 saturated heterocycles. The number of hydrogen-bond donors (Lipinski definition) is 2. The number of anilines is 1. The maximum atomic E-state index is 13.7. The summed E-state index contributed by atoms with van der Waals surface area (Å²) in [4.78, 5) is 0. The van der Waals surface area contributed by atoms with E-state index in [4.69, 9.17) is 5.26 Å². The van der Waals surface area contributed by atoms with Crippen molar-refractivity contribution in [2.24, 2.45) is 5.92 Å². The van der Waals surface area contributed by atoms with Gasteiger partial charge in [0.15, 0.2) is 0 Å². The molecule has 1 saturated carbocycles. The Morgan fingerprint density at radius 1 is 1.47 bits per heavy atom. The largest absolute Gasteiger partial charge is 0.388 e. The van der Waals surface area contributed by atoms with Crippen LogP contribution in [0.3, 0.4) is 0 Å². The summed E-state index contributed by atoms with van der Waals surface area (Å²) in [6.45, 7) is 2.54. The first-order chi connectivity index (χ1) is 9.02. The van der Waals surface area contributed by atoms with Crippen LogP contribution in [0.15, 0.2) is 18.2 Å². The quantitative estimate of drug-likeness (QED) is 0.880. The summed E-state index contributed by atoms with van der Waals surface area (Å²) < 4.78 is 13.7. The van der Waals surface area contributed by atoms with Crippen molar-refractivity contribution in [1.82, 2.24) is 0 Å². The highest BCUT2D eigenvalue weighted by Crippen LogP contribution is 2.32. The van der Waals surface area contributed by atoms with Gasteiger partial charge in [0.1, 0.15) is 5.82 Å². The number of aliphatic hydroxyl groups is 1. The Kier molecular flexibility index (Phi) is 4.06. The van der Waals surface area contributed by atoms with Gasteiger partial charge in [-0.3, -0.25) is 0 Å². The average molecular weight is 262 g/mol. The highest BCUT2D eigenvalue weighted by Gasteiger charge is 2.31. The maximum absolute atomic E-state index is 13.7. The lowest BCUT2D eigenvalue weighted by molar-refractivity contribution is 0.00497. The first-order valence-corrected chi connectivity index (χ1v) is 6.68. The molecule has 0 bridgehead atoms. The second-order valence-corrected chi connectivity index (χ2v) is 5.57. The van der Waals surface area contributed by atoms with E-state index in [0.717, 1.165) is 25.7 Å². The molecular weight excluding hydrogens is 243 g/mol. The summed E-state index contributed by atoms with van der Waals surface area (Å²) in [7, 11) is 0. The molecule has 0 aromatic heterocycles. The summed E-state index contributed by atoms with van der Waals surface area (Å²) in [6, 6.07) is 6.21. The molecular formula is C15H19FN2O. The van der Waals surface area contributed by atoms with Gasteiger partial charge in [0.05, 0.1) is 22.9 Å². The van der Waals surface area contributed by atoms with Gasteiger partial charge in [0.2, 0.25) is 0 Å². The zero-order valence-electron chi connectivity index (χ0n) is 11.1. The van der Waals surface area contributed by atoms with Crippen LogP contribution in [0.4, 0.5) is 10.1 Å². The number of nitrogens with zero attached hydrogens (tertiary/aromatic N) is 1. The second kappa shape index (κ2) is 5.58. The van der Waals surface area contributed by atoms with Gasteiger partial charge in [0.25, 0.3) is 0 Å². The Hall–Kier alpha value is -1.60. The molecule has 2 N–H and O–H groups in total. The predicted molar refractivity (Wildman–Crippen MR) is 72.2 cm³/mol. The first kappa shape index (κ1) is 13.8. The average Bonchev–Trinajstić information content (AvgIpc) is 2.41. The van der Waals surface area contributed by atoms with E-state index in [0.29, 0.717) is 23.7 Å². The lowest BCUT2D eigenvalue weighted by atomic mass is 9.79. The smallest absolute Gasteiger partial charge is 0.147 e. The van der Waals surface area contributed by atoms with E-state index in [1.54, 1.807) is 12.1 Å². The minimum absolute atomic E-state index is 0.299. The molecule has 0 heterocycles. The Morgan fingerprint density at radius 3 is 2.74 bits per heavy atom. The summed E-state index contributed by atoms with van der Waals surface area (Å²) in [5, 5.41) is 22.0. The van der Waals surface area contributed by atoms with E-state index < -0.39 is 11.4 Å². The van der Waals surface area contributed by atoms with Crippen LogP contribution in [-0.2, 0) is 0 Å². The molecule has 0 radical (unpaired) electrons. The maximum Gasteiger partial charge on any atom is 0.147 e. The molecule has 0 spiro atoms. The number of hydrogen-bond acceptors (Lipinski definition) is 3. The van der Waals surface area contributed by atoms with Crippen LogP contribution in [0.2, 0.25) is 0 Å².